The summed E-state index contributed by atoms with van der Waals surface area (Å²) in [4.78, 5) is 29.6. The molecule has 2 aromatic rings. The molecule has 0 aromatic carbocycles. The molecule has 170 valence electrons. The Morgan fingerprint density at radius 3 is 2.69 bits per heavy atom. The third-order valence-electron chi connectivity index (χ3n) is 4.73. The largest absolute Gasteiger partial charge is 0.528 e. The van der Waals surface area contributed by atoms with E-state index in [-0.39, 0.29) is 23.7 Å². The minimum atomic E-state index is -0.713. The first-order chi connectivity index (χ1) is 15.5. The topological polar surface area (TPSA) is 122 Å². The number of aryl methyl sites for hydroxylation is 1. The molecule has 0 spiro atoms. The molecule has 0 amide bonds. The van der Waals surface area contributed by atoms with Crippen LogP contribution in [0, 0.1) is 11.3 Å². The van der Waals surface area contributed by atoms with E-state index in [9.17, 15) is 10.1 Å². The number of anilines is 2. The van der Waals surface area contributed by atoms with Gasteiger partial charge in [0.2, 0.25) is 5.88 Å². The predicted octanol–water partition coefficient (Wildman–Crippen LogP) is 3.76. The van der Waals surface area contributed by atoms with Crippen LogP contribution in [0.5, 0.6) is 5.88 Å². The number of hydroxylamine groups is 2. The van der Waals surface area contributed by atoms with Crippen LogP contribution in [-0.2, 0) is 16.0 Å². The van der Waals surface area contributed by atoms with E-state index in [2.05, 4.69) is 33.3 Å². The van der Waals surface area contributed by atoms with Crippen LogP contribution in [0.4, 0.5) is 16.3 Å². The standard InChI is InChI=1S/C22H28N6O4/c1-4-5-16-6-7-17(13-24-16)27-20-19(12-23)21(26-14-25-20)31-18-8-10-28(11-9-18)32-22(29)30-15(2)3/h6-7,13-15,18H,4-5,8-11H2,1-3H3,(H,25,26,27). The third kappa shape index (κ3) is 6.52. The van der Waals surface area contributed by atoms with Crippen LogP contribution in [0.3, 0.4) is 0 Å². The summed E-state index contributed by atoms with van der Waals surface area (Å²) in [6.45, 7) is 6.61. The number of pyridine rings is 1. The maximum atomic E-state index is 11.6. The van der Waals surface area contributed by atoms with Gasteiger partial charge in [-0.1, -0.05) is 13.3 Å². The summed E-state index contributed by atoms with van der Waals surface area (Å²) >= 11 is 0. The van der Waals surface area contributed by atoms with E-state index in [0.717, 1.165) is 24.2 Å². The lowest BCUT2D eigenvalue weighted by Gasteiger charge is -2.30. The van der Waals surface area contributed by atoms with E-state index < -0.39 is 6.16 Å². The summed E-state index contributed by atoms with van der Waals surface area (Å²) in [6.07, 6.45) is 5.11. The number of ether oxygens (including phenoxy) is 2. The molecule has 0 radical (unpaired) electrons. The lowest BCUT2D eigenvalue weighted by molar-refractivity contribution is -0.151. The highest BCUT2D eigenvalue weighted by atomic mass is 16.8. The Morgan fingerprint density at radius 1 is 1.28 bits per heavy atom. The molecule has 1 aliphatic rings. The molecule has 10 heteroatoms. The molecule has 0 saturated carbocycles. The van der Waals surface area contributed by atoms with E-state index in [1.807, 2.05) is 12.1 Å². The van der Waals surface area contributed by atoms with Gasteiger partial charge in [-0.25, -0.2) is 14.8 Å². The van der Waals surface area contributed by atoms with E-state index in [1.54, 1.807) is 25.1 Å². The summed E-state index contributed by atoms with van der Waals surface area (Å²) in [6, 6.07) is 5.98. The smallest absolute Gasteiger partial charge is 0.473 e. The molecule has 1 fully saturated rings. The minimum absolute atomic E-state index is 0.166. The molecule has 0 bridgehead atoms. The second kappa shape index (κ2) is 11.2. The Bertz CT molecular complexity index is 936. The highest BCUT2D eigenvalue weighted by molar-refractivity contribution is 5.64. The van der Waals surface area contributed by atoms with Gasteiger partial charge in [0, 0.05) is 31.6 Å². The quantitative estimate of drug-likeness (QED) is 0.607. The zero-order valence-electron chi connectivity index (χ0n) is 18.6. The molecule has 0 aliphatic carbocycles. The number of carbonyl (C=O) groups is 1. The maximum Gasteiger partial charge on any atom is 0.528 e. The fraction of sp³-hybridized carbons (Fsp3) is 0.500. The van der Waals surface area contributed by atoms with Crippen LogP contribution in [0.25, 0.3) is 0 Å². The first kappa shape index (κ1) is 23.2. The summed E-state index contributed by atoms with van der Waals surface area (Å²) in [5.74, 6) is 0.582. The van der Waals surface area contributed by atoms with E-state index in [4.69, 9.17) is 14.3 Å². The van der Waals surface area contributed by atoms with Crippen molar-refractivity contribution in [1.82, 2.24) is 20.0 Å². The Balaban J connectivity index is 1.59. The first-order valence-corrected chi connectivity index (χ1v) is 10.8. The zero-order valence-corrected chi connectivity index (χ0v) is 18.6. The van der Waals surface area contributed by atoms with Gasteiger partial charge in [0.25, 0.3) is 0 Å². The van der Waals surface area contributed by atoms with E-state index >= 15 is 0 Å². The first-order valence-electron chi connectivity index (χ1n) is 10.8. The second-order valence-corrected chi connectivity index (χ2v) is 7.68. The number of piperidine rings is 1. The number of nitrogens with one attached hydrogen (secondary N) is 1. The molecule has 10 nitrogen and oxygen atoms in total. The summed E-state index contributed by atoms with van der Waals surface area (Å²) in [5.41, 5.74) is 1.96. The number of rotatable bonds is 8. The molecule has 3 rings (SSSR count). The number of nitrogens with zero attached hydrogens (tertiary/aromatic N) is 5. The van der Waals surface area contributed by atoms with Crippen molar-refractivity contribution in [3.8, 4) is 11.9 Å². The number of aromatic nitrogens is 3. The normalized spacial score (nSPS) is 14.6. The fourth-order valence-electron chi connectivity index (χ4n) is 3.21. The molecule has 32 heavy (non-hydrogen) atoms. The molecule has 2 aromatic heterocycles. The average Bonchev–Trinajstić information content (AvgIpc) is 2.76. The van der Waals surface area contributed by atoms with Gasteiger partial charge in [-0.15, -0.1) is 5.06 Å². The van der Waals surface area contributed by atoms with Gasteiger partial charge in [0.05, 0.1) is 18.0 Å². The Kier molecular flexibility index (Phi) is 8.16. The minimum Gasteiger partial charge on any atom is -0.473 e. The number of nitriles is 1. The number of carbonyl (C=O) groups excluding carboxylic acids is 1. The van der Waals surface area contributed by atoms with Gasteiger partial charge < -0.3 is 19.6 Å². The fourth-order valence-corrected chi connectivity index (χ4v) is 3.21. The Morgan fingerprint density at radius 2 is 2.06 bits per heavy atom. The van der Waals surface area contributed by atoms with Gasteiger partial charge in [0.1, 0.15) is 18.5 Å². The van der Waals surface area contributed by atoms with Gasteiger partial charge in [0.15, 0.2) is 11.4 Å². The monoisotopic (exact) mass is 440 g/mol. The van der Waals surface area contributed by atoms with E-state index in [1.165, 1.54) is 6.33 Å². The van der Waals surface area contributed by atoms with Crippen molar-refractivity contribution in [2.24, 2.45) is 0 Å². The van der Waals surface area contributed by atoms with Gasteiger partial charge in [-0.05, 0) is 32.4 Å². The highest BCUT2D eigenvalue weighted by Crippen LogP contribution is 2.26. The van der Waals surface area contributed by atoms with Crippen molar-refractivity contribution in [2.45, 2.75) is 58.7 Å². The molecule has 1 aliphatic heterocycles. The third-order valence-corrected chi connectivity index (χ3v) is 4.73. The molecule has 3 heterocycles. The van der Waals surface area contributed by atoms with Crippen LogP contribution in [-0.4, -0.2) is 51.5 Å². The summed E-state index contributed by atoms with van der Waals surface area (Å²) < 4.78 is 11.0. The van der Waals surface area contributed by atoms with Gasteiger partial charge >= 0.3 is 6.16 Å². The van der Waals surface area contributed by atoms with Crippen molar-refractivity contribution < 1.29 is 19.1 Å². The van der Waals surface area contributed by atoms with Crippen molar-refractivity contribution >= 4 is 17.7 Å². The predicted molar refractivity (Wildman–Crippen MR) is 116 cm³/mol. The number of hydrogen-bond acceptors (Lipinski definition) is 10. The van der Waals surface area contributed by atoms with Crippen molar-refractivity contribution in [2.75, 3.05) is 18.4 Å². The highest BCUT2D eigenvalue weighted by Gasteiger charge is 2.26. The molecule has 1 N–H and O–H groups in total. The second-order valence-electron chi connectivity index (χ2n) is 7.68. The molecule has 1 saturated heterocycles. The van der Waals surface area contributed by atoms with Crippen molar-refractivity contribution in [3.63, 3.8) is 0 Å². The number of hydrogen-bond donors (Lipinski definition) is 1. The summed E-state index contributed by atoms with van der Waals surface area (Å²) in [7, 11) is 0. The molecular formula is C22H28N6O4. The SMILES string of the molecule is CCCc1ccc(Nc2ncnc(OC3CCN(OC(=O)OC(C)C)CC3)c2C#N)cn1. The van der Waals surface area contributed by atoms with Crippen LogP contribution in [0.2, 0.25) is 0 Å². The molecular weight excluding hydrogens is 412 g/mol. The molecule has 0 unspecified atom stereocenters. The van der Waals surface area contributed by atoms with Gasteiger partial charge in [-0.2, -0.15) is 5.26 Å². The Hall–Kier alpha value is -3.45. The zero-order chi connectivity index (χ0) is 22.9. The van der Waals surface area contributed by atoms with Gasteiger partial charge in [-0.3, -0.25) is 4.98 Å². The van der Waals surface area contributed by atoms with Crippen LogP contribution < -0.4 is 10.1 Å². The lowest BCUT2D eigenvalue weighted by atomic mass is 10.1. The van der Waals surface area contributed by atoms with Crippen molar-refractivity contribution in [3.05, 3.63) is 35.9 Å². The lowest BCUT2D eigenvalue weighted by Crippen LogP contribution is -2.40. The average molecular weight is 441 g/mol. The Labute approximate surface area is 187 Å². The van der Waals surface area contributed by atoms with Crippen LogP contribution in [0.15, 0.2) is 24.7 Å². The van der Waals surface area contributed by atoms with Crippen molar-refractivity contribution in [1.29, 1.82) is 5.26 Å². The van der Waals surface area contributed by atoms with E-state index in [0.29, 0.717) is 31.7 Å². The molecule has 0 atom stereocenters. The maximum absolute atomic E-state index is 11.6. The van der Waals surface area contributed by atoms with Crippen LogP contribution >= 0.6 is 0 Å². The summed E-state index contributed by atoms with van der Waals surface area (Å²) in [5, 5.41) is 14.4. The van der Waals surface area contributed by atoms with Crippen LogP contribution in [0.1, 0.15) is 51.3 Å².